The van der Waals surface area contributed by atoms with Crippen LogP contribution < -0.4 is 4.74 Å². The molecule has 2 heterocycles. The van der Waals surface area contributed by atoms with Gasteiger partial charge in [0.25, 0.3) is 0 Å². The van der Waals surface area contributed by atoms with Crippen molar-refractivity contribution < 1.29 is 9.84 Å². The molecule has 5 heteroatoms. The number of phenolic OH excluding ortho intramolecular Hbond substituents is 1. The van der Waals surface area contributed by atoms with Crippen molar-refractivity contribution in [2.24, 2.45) is 0 Å². The predicted molar refractivity (Wildman–Crippen MR) is 91.2 cm³/mol. The van der Waals surface area contributed by atoms with Crippen LogP contribution >= 0.6 is 22.9 Å². The van der Waals surface area contributed by atoms with E-state index in [-0.39, 0.29) is 5.75 Å². The van der Waals surface area contributed by atoms with Gasteiger partial charge in [-0.05, 0) is 57.9 Å². The second-order valence-corrected chi connectivity index (χ2v) is 7.62. The Morgan fingerprint density at radius 1 is 1.23 bits per heavy atom. The van der Waals surface area contributed by atoms with E-state index in [4.69, 9.17) is 16.3 Å². The summed E-state index contributed by atoms with van der Waals surface area (Å²) >= 11 is 7.93. The van der Waals surface area contributed by atoms with E-state index in [9.17, 15) is 5.11 Å². The van der Waals surface area contributed by atoms with Crippen LogP contribution in [-0.2, 0) is 5.60 Å². The van der Waals surface area contributed by atoms with Gasteiger partial charge < -0.3 is 9.84 Å². The van der Waals surface area contributed by atoms with Crippen LogP contribution in [-0.4, -0.2) is 10.1 Å². The summed E-state index contributed by atoms with van der Waals surface area (Å²) in [6, 6.07) is 0. The van der Waals surface area contributed by atoms with E-state index < -0.39 is 5.60 Å². The van der Waals surface area contributed by atoms with Crippen molar-refractivity contribution in [2.75, 3.05) is 0 Å². The van der Waals surface area contributed by atoms with Crippen LogP contribution in [0.15, 0.2) is 6.08 Å². The number of rotatable bonds is 1. The van der Waals surface area contributed by atoms with Crippen molar-refractivity contribution in [1.29, 1.82) is 0 Å². The van der Waals surface area contributed by atoms with Crippen LogP contribution in [0.1, 0.15) is 39.2 Å². The van der Waals surface area contributed by atoms with Gasteiger partial charge in [0, 0.05) is 10.4 Å². The number of fused-ring (bicyclic) bond motifs is 1. The molecule has 0 saturated heterocycles. The third-order valence-corrected chi connectivity index (χ3v) is 5.47. The first-order valence-corrected chi connectivity index (χ1v) is 8.28. The van der Waals surface area contributed by atoms with Crippen molar-refractivity contribution in [3.05, 3.63) is 43.4 Å². The molecule has 1 aliphatic heterocycles. The summed E-state index contributed by atoms with van der Waals surface area (Å²) in [5.41, 5.74) is 2.67. The van der Waals surface area contributed by atoms with Gasteiger partial charge >= 0.3 is 0 Å². The molecule has 22 heavy (non-hydrogen) atoms. The lowest BCUT2D eigenvalue weighted by molar-refractivity contribution is 0.132. The number of hydrogen-bond donors (Lipinski definition) is 1. The molecule has 1 aromatic carbocycles. The average Bonchev–Trinajstić information content (AvgIpc) is 2.82. The highest BCUT2D eigenvalue weighted by Gasteiger charge is 2.36. The van der Waals surface area contributed by atoms with Crippen molar-refractivity contribution in [1.82, 2.24) is 4.98 Å². The van der Waals surface area contributed by atoms with Gasteiger partial charge in [-0.3, -0.25) is 0 Å². The Balaban J connectivity index is 2.18. The minimum Gasteiger partial charge on any atom is -0.506 e. The van der Waals surface area contributed by atoms with Gasteiger partial charge in [-0.1, -0.05) is 11.6 Å². The van der Waals surface area contributed by atoms with Gasteiger partial charge in [-0.2, -0.15) is 0 Å². The van der Waals surface area contributed by atoms with E-state index in [2.05, 4.69) is 11.9 Å². The normalized spacial score (nSPS) is 19.9. The SMILES string of the molecule is Cc1nc(C2(C)C=Cc3c(Cl)c(O)c(C)c(C)c3O2)c(C)s1. The molecule has 0 fully saturated rings. The fraction of sp³-hybridized carbons (Fsp3) is 0.353. The van der Waals surface area contributed by atoms with Gasteiger partial charge in [0.2, 0.25) is 0 Å². The average molecular weight is 336 g/mol. The maximum absolute atomic E-state index is 10.1. The second-order valence-electron chi connectivity index (χ2n) is 5.84. The van der Waals surface area contributed by atoms with Crippen LogP contribution in [0, 0.1) is 27.7 Å². The van der Waals surface area contributed by atoms with E-state index in [1.165, 1.54) is 0 Å². The number of phenols is 1. The Labute approximate surface area is 139 Å². The number of benzene rings is 1. The smallest absolute Gasteiger partial charge is 0.168 e. The molecule has 1 atom stereocenters. The monoisotopic (exact) mass is 335 g/mol. The van der Waals surface area contributed by atoms with Gasteiger partial charge in [0.05, 0.1) is 10.0 Å². The molecular formula is C17H18ClNO2S. The fourth-order valence-corrected chi connectivity index (χ4v) is 4.04. The summed E-state index contributed by atoms with van der Waals surface area (Å²) in [4.78, 5) is 5.78. The molecule has 0 amide bonds. The lowest BCUT2D eigenvalue weighted by atomic mass is 9.93. The van der Waals surface area contributed by atoms with Crippen molar-refractivity contribution in [3.8, 4) is 11.5 Å². The number of thiazole rings is 1. The Hall–Kier alpha value is -1.52. The van der Waals surface area contributed by atoms with Crippen LogP contribution in [0.4, 0.5) is 0 Å². The molecule has 0 radical (unpaired) electrons. The molecule has 1 aromatic heterocycles. The molecular weight excluding hydrogens is 318 g/mol. The highest BCUT2D eigenvalue weighted by molar-refractivity contribution is 7.11. The Morgan fingerprint density at radius 2 is 1.91 bits per heavy atom. The van der Waals surface area contributed by atoms with Crippen molar-refractivity contribution in [2.45, 2.75) is 40.2 Å². The Morgan fingerprint density at radius 3 is 2.50 bits per heavy atom. The third kappa shape index (κ3) is 2.13. The molecule has 1 aliphatic rings. The Bertz CT molecular complexity index is 810. The zero-order valence-corrected chi connectivity index (χ0v) is 14.8. The van der Waals surface area contributed by atoms with E-state index in [1.807, 2.05) is 39.8 Å². The molecule has 0 bridgehead atoms. The number of ether oxygens (including phenoxy) is 1. The minimum absolute atomic E-state index is 0.121. The molecule has 116 valence electrons. The Kier molecular flexibility index (Phi) is 3.49. The lowest BCUT2D eigenvalue weighted by Gasteiger charge is -2.33. The number of aromatic hydroxyl groups is 1. The number of halogens is 1. The van der Waals surface area contributed by atoms with E-state index >= 15 is 0 Å². The zero-order chi connectivity index (χ0) is 16.2. The van der Waals surface area contributed by atoms with Crippen molar-refractivity contribution >= 4 is 29.0 Å². The molecule has 3 nitrogen and oxygen atoms in total. The lowest BCUT2D eigenvalue weighted by Crippen LogP contribution is -2.31. The van der Waals surface area contributed by atoms with Crippen LogP contribution in [0.2, 0.25) is 5.02 Å². The number of aryl methyl sites for hydroxylation is 2. The quantitative estimate of drug-likeness (QED) is 0.792. The molecule has 0 aliphatic carbocycles. The van der Waals surface area contributed by atoms with Gasteiger partial charge in [-0.25, -0.2) is 4.98 Å². The van der Waals surface area contributed by atoms with Crippen LogP contribution in [0.25, 0.3) is 6.08 Å². The highest BCUT2D eigenvalue weighted by Crippen LogP contribution is 2.47. The largest absolute Gasteiger partial charge is 0.506 e. The minimum atomic E-state index is -0.626. The number of aromatic nitrogens is 1. The molecule has 3 rings (SSSR count). The summed E-state index contributed by atoms with van der Waals surface area (Å²) in [6.45, 7) is 9.83. The first-order valence-electron chi connectivity index (χ1n) is 7.09. The fourth-order valence-electron chi connectivity index (χ4n) is 2.83. The standard InChI is InChI=1S/C17H18ClNO2S/c1-8-9(2)15-12(13(18)14(8)20)6-7-17(5,21-15)16-10(3)22-11(4)19-16/h6-7,20H,1-5H3. The maximum atomic E-state index is 10.1. The van der Waals surface area contributed by atoms with E-state index in [1.54, 1.807) is 11.3 Å². The van der Waals surface area contributed by atoms with Gasteiger partial charge in [-0.15, -0.1) is 11.3 Å². The van der Waals surface area contributed by atoms with E-state index in [0.29, 0.717) is 5.02 Å². The number of nitrogens with zero attached hydrogens (tertiary/aromatic N) is 1. The molecule has 2 aromatic rings. The first-order chi connectivity index (χ1) is 10.2. The molecule has 1 unspecified atom stereocenters. The second kappa shape index (κ2) is 5.00. The molecule has 0 saturated carbocycles. The summed E-state index contributed by atoms with van der Waals surface area (Å²) in [5.74, 6) is 0.839. The third-order valence-electron chi connectivity index (χ3n) is 4.20. The summed E-state index contributed by atoms with van der Waals surface area (Å²) in [5, 5.41) is 11.5. The summed E-state index contributed by atoms with van der Waals surface area (Å²) < 4.78 is 6.31. The highest BCUT2D eigenvalue weighted by atomic mass is 35.5. The molecule has 0 spiro atoms. The predicted octanol–water partition coefficient (Wildman–Crippen LogP) is 5.06. The summed E-state index contributed by atoms with van der Waals surface area (Å²) in [7, 11) is 0. The number of hydrogen-bond acceptors (Lipinski definition) is 4. The summed E-state index contributed by atoms with van der Waals surface area (Å²) in [6.07, 6.45) is 3.87. The van der Waals surface area contributed by atoms with Gasteiger partial charge in [0.15, 0.2) is 5.60 Å². The zero-order valence-electron chi connectivity index (χ0n) is 13.2. The van der Waals surface area contributed by atoms with Crippen LogP contribution in [0.3, 0.4) is 0 Å². The topological polar surface area (TPSA) is 42.4 Å². The van der Waals surface area contributed by atoms with E-state index in [0.717, 1.165) is 38.0 Å². The maximum Gasteiger partial charge on any atom is 0.168 e. The molecule has 1 N–H and O–H groups in total. The van der Waals surface area contributed by atoms with Gasteiger partial charge in [0.1, 0.15) is 17.2 Å². The van der Waals surface area contributed by atoms with Crippen LogP contribution in [0.5, 0.6) is 11.5 Å². The first kappa shape index (κ1) is 15.4. The van der Waals surface area contributed by atoms with Crippen molar-refractivity contribution in [3.63, 3.8) is 0 Å².